The number of pyridine rings is 1. The second kappa shape index (κ2) is 5.51. The van der Waals surface area contributed by atoms with Gasteiger partial charge in [-0.25, -0.2) is 4.98 Å². The number of thioether (sulfide) groups is 1. The van der Waals surface area contributed by atoms with E-state index in [0.29, 0.717) is 5.69 Å². The summed E-state index contributed by atoms with van der Waals surface area (Å²) in [4.78, 5) is 14.6. The van der Waals surface area contributed by atoms with E-state index >= 15 is 0 Å². The zero-order valence-electron chi connectivity index (χ0n) is 10.7. The van der Waals surface area contributed by atoms with Gasteiger partial charge in [-0.1, -0.05) is 0 Å². The fourth-order valence-corrected chi connectivity index (χ4v) is 4.05. The zero-order valence-corrected chi connectivity index (χ0v) is 11.5. The first-order chi connectivity index (χ1) is 9.30. The summed E-state index contributed by atoms with van der Waals surface area (Å²) in [6.45, 7) is 0.769. The molecule has 1 spiro atoms. The largest absolute Gasteiger partial charge is 0.489 e. The Labute approximate surface area is 116 Å². The van der Waals surface area contributed by atoms with Gasteiger partial charge >= 0.3 is 0 Å². The summed E-state index contributed by atoms with van der Waals surface area (Å²) >= 11 is 1.96. The van der Waals surface area contributed by atoms with E-state index in [1.54, 1.807) is 12.3 Å². The molecule has 102 valence electrons. The molecular weight excluding hydrogens is 262 g/mol. The Morgan fingerprint density at radius 3 is 3.16 bits per heavy atom. The quantitative estimate of drug-likeness (QED) is 0.795. The molecule has 2 saturated heterocycles. The number of aromatic nitrogens is 1. The van der Waals surface area contributed by atoms with Crippen LogP contribution in [-0.4, -0.2) is 41.1 Å². The van der Waals surface area contributed by atoms with Crippen molar-refractivity contribution in [2.24, 2.45) is 0 Å². The SMILES string of the molecule is O=Cc1ccc(OC2CCOC3(CCSC3)C2)cn1. The lowest BCUT2D eigenvalue weighted by Gasteiger charge is -2.37. The van der Waals surface area contributed by atoms with E-state index in [2.05, 4.69) is 4.98 Å². The van der Waals surface area contributed by atoms with E-state index in [0.717, 1.165) is 43.7 Å². The van der Waals surface area contributed by atoms with Crippen LogP contribution in [0.4, 0.5) is 0 Å². The van der Waals surface area contributed by atoms with E-state index < -0.39 is 0 Å². The van der Waals surface area contributed by atoms with E-state index in [1.807, 2.05) is 17.8 Å². The fraction of sp³-hybridized carbons (Fsp3) is 0.571. The van der Waals surface area contributed by atoms with Crippen LogP contribution >= 0.6 is 11.8 Å². The number of hydrogen-bond donors (Lipinski definition) is 0. The van der Waals surface area contributed by atoms with Crippen LogP contribution in [0.5, 0.6) is 5.75 Å². The molecule has 19 heavy (non-hydrogen) atoms. The highest BCUT2D eigenvalue weighted by Crippen LogP contribution is 2.39. The van der Waals surface area contributed by atoms with Gasteiger partial charge in [-0.2, -0.15) is 11.8 Å². The summed E-state index contributed by atoms with van der Waals surface area (Å²) in [6, 6.07) is 3.49. The third-order valence-corrected chi connectivity index (χ3v) is 4.92. The normalized spacial score (nSPS) is 30.4. The summed E-state index contributed by atoms with van der Waals surface area (Å²) in [5, 5.41) is 0. The van der Waals surface area contributed by atoms with Crippen LogP contribution in [0.3, 0.4) is 0 Å². The Morgan fingerprint density at radius 2 is 2.47 bits per heavy atom. The molecule has 4 nitrogen and oxygen atoms in total. The molecule has 5 heteroatoms. The molecule has 2 aliphatic heterocycles. The highest BCUT2D eigenvalue weighted by molar-refractivity contribution is 7.99. The van der Waals surface area contributed by atoms with Crippen molar-refractivity contribution in [3.63, 3.8) is 0 Å². The van der Waals surface area contributed by atoms with Gasteiger partial charge in [0.15, 0.2) is 6.29 Å². The van der Waals surface area contributed by atoms with E-state index in [9.17, 15) is 4.79 Å². The van der Waals surface area contributed by atoms with Crippen molar-refractivity contribution in [3.8, 4) is 5.75 Å². The molecule has 2 aliphatic rings. The van der Waals surface area contributed by atoms with Crippen molar-refractivity contribution >= 4 is 18.0 Å². The maximum absolute atomic E-state index is 10.6. The number of ether oxygens (including phenoxy) is 2. The third-order valence-electron chi connectivity index (χ3n) is 3.70. The molecule has 0 N–H and O–H groups in total. The molecule has 3 rings (SSSR count). The van der Waals surface area contributed by atoms with Crippen LogP contribution < -0.4 is 4.74 Å². The highest BCUT2D eigenvalue weighted by Gasteiger charge is 2.41. The lowest BCUT2D eigenvalue weighted by Crippen LogP contribution is -2.43. The van der Waals surface area contributed by atoms with Crippen LogP contribution in [0.2, 0.25) is 0 Å². The van der Waals surface area contributed by atoms with E-state index in [1.165, 1.54) is 5.75 Å². The van der Waals surface area contributed by atoms with Gasteiger partial charge in [0.2, 0.25) is 0 Å². The van der Waals surface area contributed by atoms with Crippen LogP contribution in [-0.2, 0) is 4.74 Å². The fourth-order valence-electron chi connectivity index (χ4n) is 2.67. The monoisotopic (exact) mass is 279 g/mol. The second-order valence-electron chi connectivity index (χ2n) is 5.10. The van der Waals surface area contributed by atoms with Crippen molar-refractivity contribution in [1.29, 1.82) is 0 Å². The molecule has 0 aromatic carbocycles. The first-order valence-corrected chi connectivity index (χ1v) is 7.75. The van der Waals surface area contributed by atoms with E-state index in [-0.39, 0.29) is 11.7 Å². The average Bonchev–Trinajstić information content (AvgIpc) is 2.88. The molecule has 1 aromatic rings. The van der Waals surface area contributed by atoms with Gasteiger partial charge < -0.3 is 9.47 Å². The minimum Gasteiger partial charge on any atom is -0.489 e. The maximum Gasteiger partial charge on any atom is 0.168 e. The summed E-state index contributed by atoms with van der Waals surface area (Å²) in [5.41, 5.74) is 0.465. The van der Waals surface area contributed by atoms with Crippen molar-refractivity contribution < 1.29 is 14.3 Å². The number of hydrogen-bond acceptors (Lipinski definition) is 5. The Kier molecular flexibility index (Phi) is 3.75. The molecule has 2 unspecified atom stereocenters. The minimum absolute atomic E-state index is 0.0315. The van der Waals surface area contributed by atoms with Crippen LogP contribution in [0.15, 0.2) is 18.3 Å². The van der Waals surface area contributed by atoms with Gasteiger partial charge in [0.05, 0.1) is 18.4 Å². The summed E-state index contributed by atoms with van der Waals surface area (Å²) < 4.78 is 11.9. The Balaban J connectivity index is 1.63. The van der Waals surface area contributed by atoms with Crippen molar-refractivity contribution in [3.05, 3.63) is 24.0 Å². The molecule has 1 aromatic heterocycles. The molecule has 0 saturated carbocycles. The molecule has 2 fully saturated rings. The molecule has 0 bridgehead atoms. The van der Waals surface area contributed by atoms with Gasteiger partial charge in [-0.05, 0) is 24.3 Å². The first-order valence-electron chi connectivity index (χ1n) is 6.59. The van der Waals surface area contributed by atoms with Gasteiger partial charge in [-0.3, -0.25) is 4.79 Å². The average molecular weight is 279 g/mol. The number of carbonyl (C=O) groups excluding carboxylic acids is 1. The molecular formula is C14H17NO3S. The van der Waals surface area contributed by atoms with Gasteiger partial charge in [0.25, 0.3) is 0 Å². The van der Waals surface area contributed by atoms with Crippen molar-refractivity contribution in [1.82, 2.24) is 4.98 Å². The van der Waals surface area contributed by atoms with Crippen LogP contribution in [0.1, 0.15) is 29.8 Å². The first kappa shape index (κ1) is 12.9. The predicted molar refractivity (Wildman–Crippen MR) is 73.9 cm³/mol. The lowest BCUT2D eigenvalue weighted by molar-refractivity contribution is -0.0959. The molecule has 2 atom stereocenters. The number of carbonyl (C=O) groups is 1. The topological polar surface area (TPSA) is 48.4 Å². The molecule has 0 radical (unpaired) electrons. The lowest BCUT2D eigenvalue weighted by atomic mass is 9.91. The Hall–Kier alpha value is -1.07. The minimum atomic E-state index is 0.0315. The van der Waals surface area contributed by atoms with Crippen molar-refractivity contribution in [2.45, 2.75) is 31.0 Å². The smallest absolute Gasteiger partial charge is 0.168 e. The standard InChI is InChI=1S/C14H17NO3S/c16-9-11-1-2-13(8-15-11)18-12-3-5-17-14(7-12)4-6-19-10-14/h1-2,8-9,12H,3-7,10H2. The predicted octanol–water partition coefficient (Wildman–Crippen LogP) is 2.33. The van der Waals surface area contributed by atoms with Gasteiger partial charge in [-0.15, -0.1) is 0 Å². The highest BCUT2D eigenvalue weighted by atomic mass is 32.2. The summed E-state index contributed by atoms with van der Waals surface area (Å²) in [7, 11) is 0. The molecule has 3 heterocycles. The number of nitrogens with zero attached hydrogens (tertiary/aromatic N) is 1. The van der Waals surface area contributed by atoms with Crippen LogP contribution in [0.25, 0.3) is 0 Å². The van der Waals surface area contributed by atoms with Crippen LogP contribution in [0, 0.1) is 0 Å². The molecule has 0 amide bonds. The summed E-state index contributed by atoms with van der Waals surface area (Å²) in [6.07, 6.45) is 5.55. The van der Waals surface area contributed by atoms with E-state index in [4.69, 9.17) is 9.47 Å². The molecule has 0 aliphatic carbocycles. The zero-order chi connectivity index (χ0) is 13.1. The van der Waals surface area contributed by atoms with Gasteiger partial charge in [0, 0.05) is 18.6 Å². The Morgan fingerprint density at radius 1 is 1.53 bits per heavy atom. The second-order valence-corrected chi connectivity index (χ2v) is 6.21. The summed E-state index contributed by atoms with van der Waals surface area (Å²) in [5.74, 6) is 3.00. The van der Waals surface area contributed by atoms with Gasteiger partial charge in [0.1, 0.15) is 17.5 Å². The van der Waals surface area contributed by atoms with Crippen molar-refractivity contribution in [2.75, 3.05) is 18.1 Å². The third kappa shape index (κ3) is 2.92. The Bertz CT molecular complexity index is 443. The number of aldehydes is 1. The maximum atomic E-state index is 10.6. The number of rotatable bonds is 3.